The third-order valence-electron chi connectivity index (χ3n) is 7.55. The van der Waals surface area contributed by atoms with Crippen molar-refractivity contribution < 1.29 is 22.8 Å². The summed E-state index contributed by atoms with van der Waals surface area (Å²) >= 11 is 0. The summed E-state index contributed by atoms with van der Waals surface area (Å²) < 4.78 is 33.1. The number of benzene rings is 1. The molecule has 37 heavy (non-hydrogen) atoms. The summed E-state index contributed by atoms with van der Waals surface area (Å²) in [6.07, 6.45) is 0.573. The molecule has 1 heterocycles. The third kappa shape index (κ3) is 9.02. The molecule has 2 aromatic rings. The number of carbonyl (C=O) groups excluding carboxylic acids is 1. The molecular weight excluding hydrogens is 503 g/mol. The minimum atomic E-state index is -2.19. The first kappa shape index (κ1) is 31.1. The molecule has 0 fully saturated rings. The fourth-order valence-corrected chi connectivity index (χ4v) is 5.40. The van der Waals surface area contributed by atoms with Gasteiger partial charge in [-0.05, 0) is 47.9 Å². The van der Waals surface area contributed by atoms with Crippen LogP contribution in [0.4, 0.5) is 14.9 Å². The van der Waals surface area contributed by atoms with Crippen LogP contribution in [0.2, 0.25) is 36.3 Å². The zero-order valence-corrected chi connectivity index (χ0v) is 26.2. The van der Waals surface area contributed by atoms with Crippen LogP contribution in [0.1, 0.15) is 65.3 Å². The van der Waals surface area contributed by atoms with E-state index in [1.165, 1.54) is 0 Å². The number of nitrogens with one attached hydrogen (secondary N) is 1. The summed E-state index contributed by atoms with van der Waals surface area (Å²) in [6.45, 7) is 22.5. The molecule has 0 saturated heterocycles. The summed E-state index contributed by atoms with van der Waals surface area (Å²) in [7, 11) is -4.13. The van der Waals surface area contributed by atoms with Crippen LogP contribution in [-0.4, -0.2) is 34.3 Å². The third-order valence-corrected chi connectivity index (χ3v) is 16.6. The summed E-state index contributed by atoms with van der Waals surface area (Å²) in [5.41, 5.74) is 1.42. The van der Waals surface area contributed by atoms with Crippen LogP contribution >= 0.6 is 0 Å². The summed E-state index contributed by atoms with van der Waals surface area (Å²) in [5.74, 6) is -0.635. The topological polar surface area (TPSA) is 69.7 Å². The van der Waals surface area contributed by atoms with Gasteiger partial charge in [-0.15, -0.1) is 0 Å². The Morgan fingerprint density at radius 3 is 2.16 bits per heavy atom. The minimum Gasteiger partial charge on any atom is -0.444 e. The van der Waals surface area contributed by atoms with E-state index in [-0.39, 0.29) is 22.4 Å². The van der Waals surface area contributed by atoms with Gasteiger partial charge in [-0.25, -0.2) is 9.18 Å². The van der Waals surface area contributed by atoms with E-state index in [0.29, 0.717) is 18.7 Å². The Morgan fingerprint density at radius 1 is 1.00 bits per heavy atom. The Kier molecular flexibility index (Phi) is 10.3. The van der Waals surface area contributed by atoms with E-state index in [9.17, 15) is 9.18 Å². The van der Waals surface area contributed by atoms with E-state index in [4.69, 9.17) is 13.6 Å². The highest BCUT2D eigenvalue weighted by atomic mass is 28.4. The second kappa shape index (κ2) is 12.2. The number of amides is 1. The molecule has 1 aromatic heterocycles. The molecule has 1 amide bonds. The highest BCUT2D eigenvalue weighted by molar-refractivity contribution is 6.74. The van der Waals surface area contributed by atoms with Gasteiger partial charge in [0.05, 0.1) is 23.7 Å². The lowest BCUT2D eigenvalue weighted by Crippen LogP contribution is -2.43. The number of aromatic nitrogens is 1. The molecule has 0 radical (unpaired) electrons. The number of carbonyl (C=O) groups is 1. The van der Waals surface area contributed by atoms with Gasteiger partial charge in [0.2, 0.25) is 0 Å². The second-order valence-corrected chi connectivity index (χ2v) is 22.1. The molecule has 0 aliphatic heterocycles. The molecule has 9 heteroatoms. The van der Waals surface area contributed by atoms with Crippen LogP contribution in [0.25, 0.3) is 0 Å². The van der Waals surface area contributed by atoms with Crippen molar-refractivity contribution >= 4 is 28.4 Å². The first-order valence-electron chi connectivity index (χ1n) is 12.9. The Bertz CT molecular complexity index is 1030. The smallest absolute Gasteiger partial charge is 0.412 e. The lowest BCUT2D eigenvalue weighted by molar-refractivity contribution is 0.139. The van der Waals surface area contributed by atoms with Gasteiger partial charge in [-0.1, -0.05) is 71.9 Å². The lowest BCUT2D eigenvalue weighted by atomic mass is 10.1. The number of hydrogen-bond acceptors (Lipinski definition) is 5. The molecule has 0 aliphatic carbocycles. The van der Waals surface area contributed by atoms with Crippen molar-refractivity contribution in [3.8, 4) is 0 Å². The lowest BCUT2D eigenvalue weighted by Gasteiger charge is -2.40. The number of hydrogen-bond donors (Lipinski definition) is 1. The summed E-state index contributed by atoms with van der Waals surface area (Å²) in [6, 6.07) is 10.9. The van der Waals surface area contributed by atoms with Gasteiger partial charge in [-0.2, -0.15) is 0 Å². The Balaban J connectivity index is 2.22. The summed E-state index contributed by atoms with van der Waals surface area (Å²) in [4.78, 5) is 16.8. The monoisotopic (exact) mass is 548 g/mol. The van der Waals surface area contributed by atoms with E-state index in [1.54, 1.807) is 6.07 Å². The quantitative estimate of drug-likeness (QED) is 0.302. The predicted octanol–water partition coefficient (Wildman–Crippen LogP) is 8.44. The van der Waals surface area contributed by atoms with Gasteiger partial charge in [0.1, 0.15) is 6.61 Å². The Hall–Kier alpha value is -2.08. The maximum Gasteiger partial charge on any atom is 0.412 e. The molecule has 1 atom stereocenters. The first-order chi connectivity index (χ1) is 16.9. The zero-order chi connectivity index (χ0) is 28.1. The molecule has 0 saturated carbocycles. The van der Waals surface area contributed by atoms with Crippen molar-refractivity contribution in [2.24, 2.45) is 0 Å². The standard InChI is InChI=1S/C28H45FN2O4Si2/c1-27(2,3)36(7,8)34-17-16-25(35-37(9,10)28(4,5)6)24-18-23(22(29)19-30-24)31-26(32)33-20-21-14-12-11-13-15-21/h11-15,18-19,25H,16-17,20H2,1-10H3,(H,30,31,32). The van der Waals surface area contributed by atoms with Gasteiger partial charge in [0, 0.05) is 13.0 Å². The van der Waals surface area contributed by atoms with Crippen molar-refractivity contribution in [1.82, 2.24) is 4.98 Å². The van der Waals surface area contributed by atoms with Crippen LogP contribution in [0.3, 0.4) is 0 Å². The molecule has 0 spiro atoms. The van der Waals surface area contributed by atoms with Crippen LogP contribution < -0.4 is 5.32 Å². The largest absolute Gasteiger partial charge is 0.444 e. The molecule has 1 N–H and O–H groups in total. The highest BCUT2D eigenvalue weighted by Crippen LogP contribution is 2.41. The molecule has 6 nitrogen and oxygen atoms in total. The Labute approximate surface area is 224 Å². The normalized spacial score (nSPS) is 13.8. The number of halogens is 1. The number of pyridine rings is 1. The SMILES string of the molecule is CC(C)(C)[Si](C)(C)OCCC(O[Si](C)(C)C(C)(C)C)c1cc(NC(=O)OCc2ccccc2)c(F)cn1. The highest BCUT2D eigenvalue weighted by Gasteiger charge is 2.41. The second-order valence-electron chi connectivity index (χ2n) is 12.5. The fraction of sp³-hybridized carbons (Fsp3) is 0.571. The van der Waals surface area contributed by atoms with Crippen molar-refractivity contribution in [2.45, 2.75) is 96.9 Å². The van der Waals surface area contributed by atoms with Crippen LogP contribution in [0.15, 0.2) is 42.6 Å². The van der Waals surface area contributed by atoms with E-state index < -0.39 is 34.6 Å². The van der Waals surface area contributed by atoms with E-state index in [0.717, 1.165) is 11.8 Å². The minimum absolute atomic E-state index is 0.0113. The average molecular weight is 549 g/mol. The van der Waals surface area contributed by atoms with Crippen molar-refractivity contribution in [2.75, 3.05) is 11.9 Å². The van der Waals surface area contributed by atoms with Gasteiger partial charge >= 0.3 is 6.09 Å². The van der Waals surface area contributed by atoms with Gasteiger partial charge < -0.3 is 13.6 Å². The zero-order valence-electron chi connectivity index (χ0n) is 24.2. The molecule has 2 rings (SSSR count). The number of ether oxygens (including phenoxy) is 1. The molecule has 0 bridgehead atoms. The molecule has 1 aromatic carbocycles. The van der Waals surface area contributed by atoms with Gasteiger partial charge in [-0.3, -0.25) is 10.3 Å². The molecule has 206 valence electrons. The molecule has 0 aliphatic rings. The van der Waals surface area contributed by atoms with Crippen LogP contribution in [0.5, 0.6) is 0 Å². The number of anilines is 1. The summed E-state index contributed by atoms with van der Waals surface area (Å²) in [5, 5.41) is 2.60. The van der Waals surface area contributed by atoms with Crippen molar-refractivity contribution in [3.05, 3.63) is 59.7 Å². The Morgan fingerprint density at radius 2 is 1.59 bits per heavy atom. The fourth-order valence-electron chi connectivity index (χ4n) is 3.03. The van der Waals surface area contributed by atoms with Crippen molar-refractivity contribution in [3.63, 3.8) is 0 Å². The average Bonchev–Trinajstić information content (AvgIpc) is 2.77. The number of rotatable bonds is 10. The van der Waals surface area contributed by atoms with Crippen LogP contribution in [-0.2, 0) is 20.2 Å². The maximum absolute atomic E-state index is 14.6. The van der Waals surface area contributed by atoms with Crippen LogP contribution in [0, 0.1) is 5.82 Å². The van der Waals surface area contributed by atoms with E-state index in [1.807, 2.05) is 30.3 Å². The van der Waals surface area contributed by atoms with E-state index in [2.05, 4.69) is 78.0 Å². The molecule has 1 unspecified atom stereocenters. The maximum atomic E-state index is 14.6. The molecular formula is C28H45FN2O4Si2. The first-order valence-corrected chi connectivity index (χ1v) is 18.7. The predicted molar refractivity (Wildman–Crippen MR) is 153 cm³/mol. The van der Waals surface area contributed by atoms with Gasteiger partial charge in [0.15, 0.2) is 22.5 Å². The van der Waals surface area contributed by atoms with E-state index >= 15 is 0 Å². The van der Waals surface area contributed by atoms with Gasteiger partial charge in [0.25, 0.3) is 0 Å². The van der Waals surface area contributed by atoms with Crippen molar-refractivity contribution in [1.29, 1.82) is 0 Å². The number of nitrogens with zero attached hydrogens (tertiary/aromatic N) is 1.